The molecule has 2 heteroatoms. The van der Waals surface area contributed by atoms with Gasteiger partial charge in [-0.2, -0.15) is 0 Å². The number of fused-ring (bicyclic) bond motifs is 7. The summed E-state index contributed by atoms with van der Waals surface area (Å²) in [5.74, 6) is 0. The van der Waals surface area contributed by atoms with Gasteiger partial charge < -0.3 is 4.57 Å². The SMILES string of the molecule is c1ccc(-c2cc(-c3ccccc3)cc(-c3ccc(-n4c5c(c6ccccc64)-c4sc6ccccc6c4CC5)cc3)c2)cc1. The average Bonchev–Trinajstić information content (AvgIpc) is 3.65. The largest absolute Gasteiger partial charge is 0.313 e. The van der Waals surface area contributed by atoms with E-state index in [1.54, 1.807) is 0 Å². The molecule has 0 saturated carbocycles. The summed E-state index contributed by atoms with van der Waals surface area (Å²) in [5, 5.41) is 2.77. The molecule has 1 aliphatic rings. The van der Waals surface area contributed by atoms with Crippen LogP contribution < -0.4 is 0 Å². The van der Waals surface area contributed by atoms with Gasteiger partial charge in [-0.05, 0) is 99.6 Å². The van der Waals surface area contributed by atoms with Gasteiger partial charge in [-0.25, -0.2) is 0 Å². The van der Waals surface area contributed by atoms with Crippen molar-refractivity contribution in [1.29, 1.82) is 0 Å². The van der Waals surface area contributed by atoms with Crippen LogP contribution in [0.5, 0.6) is 0 Å². The highest BCUT2D eigenvalue weighted by atomic mass is 32.1. The van der Waals surface area contributed by atoms with E-state index >= 15 is 0 Å². The van der Waals surface area contributed by atoms with Crippen LogP contribution in [-0.2, 0) is 12.8 Å². The molecule has 44 heavy (non-hydrogen) atoms. The summed E-state index contributed by atoms with van der Waals surface area (Å²) in [6, 6.07) is 55.4. The first kappa shape index (κ1) is 25.3. The fourth-order valence-corrected chi connectivity index (χ4v) is 8.39. The van der Waals surface area contributed by atoms with E-state index in [0.717, 1.165) is 12.8 Å². The number of para-hydroxylation sites is 1. The van der Waals surface area contributed by atoms with Crippen LogP contribution in [0.25, 0.3) is 70.5 Å². The molecule has 0 unspecified atom stereocenters. The van der Waals surface area contributed by atoms with E-state index in [9.17, 15) is 0 Å². The number of aryl methyl sites for hydroxylation is 1. The van der Waals surface area contributed by atoms with E-state index < -0.39 is 0 Å². The Hall–Kier alpha value is -5.18. The molecule has 0 fully saturated rings. The molecule has 8 aromatic rings. The van der Waals surface area contributed by atoms with Crippen molar-refractivity contribution in [3.05, 3.63) is 163 Å². The minimum absolute atomic E-state index is 1.04. The second kappa shape index (κ2) is 10.2. The quantitative estimate of drug-likeness (QED) is 0.195. The van der Waals surface area contributed by atoms with Crippen LogP contribution in [0.3, 0.4) is 0 Å². The Labute approximate surface area is 261 Å². The Morgan fingerprint density at radius 1 is 0.455 bits per heavy atom. The third kappa shape index (κ3) is 4.06. The standard InChI is InChI=1S/C42H29NS/c1-3-11-28(12-4-1)31-25-32(29-13-5-2-6-14-29)27-33(26-31)30-19-21-34(22-20-30)43-38-17-9-7-16-37(38)41-39(43)24-23-36-35-15-8-10-18-40(35)44-42(36)41/h1-22,25-27H,23-24H2. The summed E-state index contributed by atoms with van der Waals surface area (Å²) in [6.45, 7) is 0. The van der Waals surface area contributed by atoms with Gasteiger partial charge in [-0.15, -0.1) is 11.3 Å². The summed E-state index contributed by atoms with van der Waals surface area (Å²) in [5.41, 5.74) is 14.3. The Kier molecular flexibility index (Phi) is 5.89. The smallest absolute Gasteiger partial charge is 0.0538 e. The number of thiophene rings is 1. The van der Waals surface area contributed by atoms with Crippen molar-refractivity contribution in [1.82, 2.24) is 4.57 Å². The van der Waals surface area contributed by atoms with Crippen LogP contribution in [0.1, 0.15) is 11.3 Å². The molecule has 2 heterocycles. The third-order valence-electron chi connectivity index (χ3n) is 9.12. The lowest BCUT2D eigenvalue weighted by atomic mass is 9.92. The zero-order chi connectivity index (χ0) is 29.0. The maximum Gasteiger partial charge on any atom is 0.0538 e. The van der Waals surface area contributed by atoms with Gasteiger partial charge in [-0.1, -0.05) is 109 Å². The fourth-order valence-electron chi connectivity index (χ4n) is 7.06. The lowest BCUT2D eigenvalue weighted by Gasteiger charge is -2.18. The van der Waals surface area contributed by atoms with E-state index in [-0.39, 0.29) is 0 Å². The van der Waals surface area contributed by atoms with Gasteiger partial charge in [0.05, 0.1) is 5.52 Å². The average molecular weight is 580 g/mol. The molecular formula is C42H29NS. The summed E-state index contributed by atoms with van der Waals surface area (Å²) >= 11 is 1.95. The second-order valence-electron chi connectivity index (χ2n) is 11.7. The molecular weight excluding hydrogens is 551 g/mol. The maximum absolute atomic E-state index is 2.51. The second-order valence-corrected chi connectivity index (χ2v) is 12.7. The van der Waals surface area contributed by atoms with E-state index in [1.165, 1.54) is 81.8 Å². The van der Waals surface area contributed by atoms with E-state index in [1.807, 2.05) is 11.3 Å². The molecule has 0 N–H and O–H groups in total. The van der Waals surface area contributed by atoms with Gasteiger partial charge in [-0.3, -0.25) is 0 Å². The molecule has 1 aliphatic carbocycles. The number of benzene rings is 6. The zero-order valence-electron chi connectivity index (χ0n) is 24.2. The van der Waals surface area contributed by atoms with Gasteiger partial charge in [0, 0.05) is 31.9 Å². The van der Waals surface area contributed by atoms with E-state index in [4.69, 9.17) is 0 Å². The van der Waals surface area contributed by atoms with Crippen molar-refractivity contribution in [3.8, 4) is 49.5 Å². The highest BCUT2D eigenvalue weighted by molar-refractivity contribution is 7.22. The maximum atomic E-state index is 2.51. The Morgan fingerprint density at radius 2 is 1.00 bits per heavy atom. The van der Waals surface area contributed by atoms with Crippen LogP contribution in [0, 0.1) is 0 Å². The molecule has 0 bridgehead atoms. The molecule has 0 aliphatic heterocycles. The molecule has 208 valence electrons. The number of rotatable bonds is 4. The summed E-state index contributed by atoms with van der Waals surface area (Å²) < 4.78 is 3.90. The van der Waals surface area contributed by atoms with Crippen molar-refractivity contribution < 1.29 is 0 Å². The molecule has 2 aromatic heterocycles. The molecule has 0 amide bonds. The van der Waals surface area contributed by atoms with Crippen LogP contribution in [0.4, 0.5) is 0 Å². The van der Waals surface area contributed by atoms with E-state index in [0.29, 0.717) is 0 Å². The monoisotopic (exact) mass is 579 g/mol. The van der Waals surface area contributed by atoms with E-state index in [2.05, 4.69) is 156 Å². The molecule has 9 rings (SSSR count). The van der Waals surface area contributed by atoms with Crippen LogP contribution in [0.15, 0.2) is 152 Å². The first-order chi connectivity index (χ1) is 21.8. The highest BCUT2D eigenvalue weighted by Crippen LogP contribution is 2.48. The van der Waals surface area contributed by atoms with Crippen LogP contribution in [0.2, 0.25) is 0 Å². The van der Waals surface area contributed by atoms with Crippen LogP contribution >= 0.6 is 11.3 Å². The predicted octanol–water partition coefficient (Wildman–Crippen LogP) is 11.6. The van der Waals surface area contributed by atoms with Gasteiger partial charge in [0.1, 0.15) is 0 Å². The fraction of sp³-hybridized carbons (Fsp3) is 0.0476. The Morgan fingerprint density at radius 3 is 1.66 bits per heavy atom. The van der Waals surface area contributed by atoms with Crippen molar-refractivity contribution >= 4 is 32.3 Å². The van der Waals surface area contributed by atoms with Gasteiger partial charge in [0.2, 0.25) is 0 Å². The van der Waals surface area contributed by atoms with Gasteiger partial charge >= 0.3 is 0 Å². The number of hydrogen-bond donors (Lipinski definition) is 0. The minimum atomic E-state index is 1.04. The molecule has 6 aromatic carbocycles. The number of aromatic nitrogens is 1. The molecule has 0 radical (unpaired) electrons. The first-order valence-electron chi connectivity index (χ1n) is 15.3. The topological polar surface area (TPSA) is 4.93 Å². The highest BCUT2D eigenvalue weighted by Gasteiger charge is 2.27. The summed E-state index contributed by atoms with van der Waals surface area (Å²) in [4.78, 5) is 1.45. The lowest BCUT2D eigenvalue weighted by molar-refractivity contribution is 0.874. The van der Waals surface area contributed by atoms with Gasteiger partial charge in [0.15, 0.2) is 0 Å². The third-order valence-corrected chi connectivity index (χ3v) is 10.3. The zero-order valence-corrected chi connectivity index (χ0v) is 25.0. The summed E-state index contributed by atoms with van der Waals surface area (Å²) in [7, 11) is 0. The minimum Gasteiger partial charge on any atom is -0.313 e. The van der Waals surface area contributed by atoms with Crippen molar-refractivity contribution in [2.45, 2.75) is 12.8 Å². The molecule has 0 atom stereocenters. The van der Waals surface area contributed by atoms with Crippen LogP contribution in [-0.4, -0.2) is 4.57 Å². The lowest BCUT2D eigenvalue weighted by Crippen LogP contribution is -2.06. The van der Waals surface area contributed by atoms with Crippen molar-refractivity contribution in [2.24, 2.45) is 0 Å². The van der Waals surface area contributed by atoms with Crippen molar-refractivity contribution in [2.75, 3.05) is 0 Å². The predicted molar refractivity (Wildman–Crippen MR) is 188 cm³/mol. The molecule has 1 nitrogen and oxygen atoms in total. The normalized spacial score (nSPS) is 12.4. The first-order valence-corrected chi connectivity index (χ1v) is 16.1. The number of nitrogens with zero attached hydrogens (tertiary/aromatic N) is 1. The molecule has 0 spiro atoms. The molecule has 0 saturated heterocycles. The summed E-state index contributed by atoms with van der Waals surface area (Å²) in [6.07, 6.45) is 2.12. The van der Waals surface area contributed by atoms with Gasteiger partial charge in [0.25, 0.3) is 0 Å². The Bertz CT molecular complexity index is 2250. The van der Waals surface area contributed by atoms with Crippen molar-refractivity contribution in [3.63, 3.8) is 0 Å². The number of hydrogen-bond acceptors (Lipinski definition) is 1. The Balaban J connectivity index is 1.18.